The highest BCUT2D eigenvalue weighted by Gasteiger charge is 2.26. The summed E-state index contributed by atoms with van der Waals surface area (Å²) in [4.78, 5) is 0. The van der Waals surface area contributed by atoms with Gasteiger partial charge in [0.15, 0.2) is 24.8 Å². The first kappa shape index (κ1) is 53.2. The molecule has 4 heteroatoms. The van der Waals surface area contributed by atoms with Gasteiger partial charge in [-0.2, -0.15) is 0 Å². The van der Waals surface area contributed by atoms with Crippen LogP contribution in [0.25, 0.3) is 89.5 Å². The molecule has 1 aliphatic rings. The third-order valence-corrected chi connectivity index (χ3v) is 20.2. The fourth-order valence-electron chi connectivity index (χ4n) is 14.2. The van der Waals surface area contributed by atoms with Gasteiger partial charge in [-0.3, -0.25) is 0 Å². The summed E-state index contributed by atoms with van der Waals surface area (Å²) in [7, 11) is 7.55. The summed E-state index contributed by atoms with van der Waals surface area (Å²) in [6.07, 6.45) is 8.36. The van der Waals surface area contributed by atoms with Crippen LogP contribution in [0.2, 0.25) is 0 Å². The first-order valence-electron chi connectivity index (χ1n) is 49.2. The topological polar surface area (TPSA) is 15.5 Å². The van der Waals surface area contributed by atoms with E-state index in [9.17, 15) is 0 Å². The van der Waals surface area contributed by atoms with E-state index in [1.807, 2.05) is 204 Å². The van der Waals surface area contributed by atoms with Crippen molar-refractivity contribution < 1.29 is 51.2 Å². The minimum atomic E-state index is -2.34. The molecule has 0 aliphatic heterocycles. The third-order valence-electron chi connectivity index (χ3n) is 20.2. The molecule has 1 fully saturated rings. The Morgan fingerprint density at radius 3 is 1.20 bits per heavy atom. The minimum absolute atomic E-state index is 0.210. The van der Waals surface area contributed by atoms with Crippen LogP contribution < -0.4 is 18.3 Å². The minimum Gasteiger partial charge on any atom is -0.201 e. The van der Waals surface area contributed by atoms with E-state index in [1.165, 1.54) is 0 Å². The van der Waals surface area contributed by atoms with Gasteiger partial charge in [0.1, 0.15) is 28.2 Å². The first-order chi connectivity index (χ1) is 60.2. The number of nitrogens with zero attached hydrogens (tertiary/aromatic N) is 4. The van der Waals surface area contributed by atoms with Crippen LogP contribution in [0.4, 0.5) is 0 Å². The van der Waals surface area contributed by atoms with Crippen LogP contribution in [0.15, 0.2) is 207 Å². The van der Waals surface area contributed by atoms with Crippen LogP contribution in [0, 0.1) is 108 Å². The number of hydrogen-bond donors (Lipinski definition) is 0. The Labute approximate surface area is 679 Å². The summed E-state index contributed by atoms with van der Waals surface area (Å²) in [6.45, 7) is 15.0. The normalized spacial score (nSPS) is 16.9. The summed E-state index contributed by atoms with van der Waals surface area (Å²) in [6, 6.07) is 55.9. The van der Waals surface area contributed by atoms with E-state index in [1.54, 1.807) is 110 Å². The Morgan fingerprint density at radius 1 is 0.374 bits per heavy atom. The molecule has 0 atom stereocenters. The zero-order chi connectivity index (χ0) is 97.9. The molecular weight excluding hydrogens is 1290 g/mol. The van der Waals surface area contributed by atoms with E-state index >= 15 is 0 Å². The SMILES string of the molecule is [2H]C([2H])([2H])c1c[n+](C)c(-c2cc(-c3ccc(C([2H])(C)C)cc3)c(C([2H])([2H])[2H])cc2C)cc1C.[2H]C([2H])([2H])c1c[n+](C)c(-c2cc(-c3ccc(C([2H])([2H])C(C)C)cc3)c(C([2H])([2H])[2H])cc2C)cc1C.[2H]C([2H])([2H])c1ccccc1-c1ccc(C)c(-c2cc(C)c(C([2H])([2H])C(C)(C)C)c[n+]2C)c1.[2H]C([2H])([2H])c1ccccc1-c1ccc(C)c(-c2cc(C)c(C3([2H])CCCC3)c[n+]2C)c1. The van der Waals surface area contributed by atoms with Crippen molar-refractivity contribution in [3.8, 4) is 89.5 Å². The smallest absolute Gasteiger partial charge is 0.201 e. The highest BCUT2D eigenvalue weighted by atomic mass is 14.9. The van der Waals surface area contributed by atoms with Crippen molar-refractivity contribution in [3.63, 3.8) is 0 Å². The van der Waals surface area contributed by atoms with E-state index in [4.69, 9.17) is 32.9 Å². The number of aromatic nitrogens is 4. The second kappa shape index (κ2) is 34.5. The molecule has 8 aromatic carbocycles. The number of pyridine rings is 4. The van der Waals surface area contributed by atoms with Gasteiger partial charge in [0.05, 0.1) is 0 Å². The Kier molecular flexibility index (Phi) is 17.2. The van der Waals surface area contributed by atoms with Gasteiger partial charge in [-0.1, -0.05) is 195 Å². The molecule has 0 spiro atoms. The maximum atomic E-state index is 8.94. The predicted octanol–water partition coefficient (Wildman–Crippen LogP) is 25.3. The van der Waals surface area contributed by atoms with Gasteiger partial charge in [-0.05, 0) is 292 Å². The molecule has 1 saturated carbocycles. The largest absolute Gasteiger partial charge is 0.212 e. The molecule has 1 aliphatic carbocycles. The van der Waals surface area contributed by atoms with Crippen LogP contribution >= 0.6 is 0 Å². The second-order valence-corrected chi connectivity index (χ2v) is 30.7. The Bertz CT molecular complexity index is 6200. The predicted molar refractivity (Wildman–Crippen MR) is 457 cm³/mol. The molecule has 0 unspecified atom stereocenters. The van der Waals surface area contributed by atoms with Gasteiger partial charge < -0.3 is 0 Å². The molecule has 12 aromatic rings. The summed E-state index contributed by atoms with van der Waals surface area (Å²) in [5.41, 5.74) is 24.6. The van der Waals surface area contributed by atoms with Crippen molar-refractivity contribution in [2.75, 3.05) is 0 Å². The van der Waals surface area contributed by atoms with Gasteiger partial charge in [0.25, 0.3) is 0 Å². The lowest BCUT2D eigenvalue weighted by molar-refractivity contribution is -0.661. The number of aryl methyl sites for hydroxylation is 18. The fourth-order valence-corrected chi connectivity index (χ4v) is 14.2. The van der Waals surface area contributed by atoms with E-state index in [2.05, 4.69) is 42.8 Å². The second-order valence-electron chi connectivity index (χ2n) is 30.7. The van der Waals surface area contributed by atoms with Gasteiger partial charge in [-0.15, -0.1) is 0 Å². The molecule has 107 heavy (non-hydrogen) atoms. The van der Waals surface area contributed by atoms with Gasteiger partial charge in [0, 0.05) is 102 Å². The monoisotopic (exact) mass is 1440 g/mol. The first-order valence-corrected chi connectivity index (χ1v) is 37.2. The summed E-state index contributed by atoms with van der Waals surface area (Å²) >= 11 is 0. The van der Waals surface area contributed by atoms with Gasteiger partial charge in [0.2, 0.25) is 22.8 Å². The van der Waals surface area contributed by atoms with Crippen molar-refractivity contribution in [2.45, 2.75) is 195 Å². The van der Waals surface area contributed by atoms with Crippen LogP contribution in [0.5, 0.6) is 0 Å². The van der Waals surface area contributed by atoms with Crippen LogP contribution in [0.3, 0.4) is 0 Å². The van der Waals surface area contributed by atoms with Crippen molar-refractivity contribution >= 4 is 0 Å². The number of rotatable bonds is 13. The maximum absolute atomic E-state index is 8.94. The molecule has 0 bridgehead atoms. The highest BCUT2D eigenvalue weighted by molar-refractivity contribution is 5.79. The summed E-state index contributed by atoms with van der Waals surface area (Å²) in [5, 5.41) is 0. The molecule has 0 saturated heterocycles. The van der Waals surface area contributed by atoms with Crippen molar-refractivity contribution in [3.05, 3.63) is 307 Å². The van der Waals surface area contributed by atoms with Gasteiger partial charge >= 0.3 is 0 Å². The Hall–Kier alpha value is -9.64. The number of hydrogen-bond acceptors (Lipinski definition) is 0. The lowest BCUT2D eigenvalue weighted by Crippen LogP contribution is -2.32. The van der Waals surface area contributed by atoms with Gasteiger partial charge in [-0.25, -0.2) is 18.3 Å². The molecule has 552 valence electrons. The Morgan fingerprint density at radius 2 is 0.766 bits per heavy atom. The lowest BCUT2D eigenvalue weighted by atomic mass is 9.86. The molecule has 4 heterocycles. The van der Waals surface area contributed by atoms with Crippen molar-refractivity contribution in [1.29, 1.82) is 0 Å². The van der Waals surface area contributed by atoms with Crippen molar-refractivity contribution in [1.82, 2.24) is 0 Å². The molecule has 0 amide bonds. The standard InChI is InChI=1S/C26H30N.2C26H32N.C25H30N/c1-18-9-5-8-12-23(18)22-14-13-19(2)24(16-22)26-15-20(3)25(17-27(26)4)21-10-6-7-11-21;1-17(2)12-22-8-10-23(11-9-22)24-15-25(20(5)13-19(24)4)26-14-18(3)21(6)16-27(26)7;1-18-10-8-9-11-23(18)21-13-12-19(2)24(15-21)25-14-20(3)22(17-27(25)7)16-26(4,5)6;1-16(2)21-8-10-22(11-9-21)23-14-24(19(5)12-18(23)4)25-13-17(3)20(6)15-26(25)7/h5,8-9,12-17,21H,6-7,10-11H2,1-4H3;8-11,13-17H,12H2,1-7H3;8-15,17H,16H2,1-7H3;8-16H,1-7H3/q4*+1/i1D3,21D;4D3,6D3,12D2;1D3,16D2;4D3,6D3,16D. The quantitative estimate of drug-likeness (QED) is 0.102. The van der Waals surface area contributed by atoms with E-state index < -0.39 is 71.1 Å². The molecule has 4 aromatic heterocycles. The molecular formula is C103H124N4+4. The van der Waals surface area contributed by atoms with E-state index in [0.29, 0.717) is 61.2 Å². The Balaban J connectivity index is 0.000000181. The maximum Gasteiger partial charge on any atom is 0.212 e. The third kappa shape index (κ3) is 19.4. The highest BCUT2D eigenvalue weighted by Crippen LogP contribution is 2.39. The van der Waals surface area contributed by atoms with E-state index in [0.717, 1.165) is 137 Å². The molecule has 0 N–H and O–H groups in total. The van der Waals surface area contributed by atoms with Crippen LogP contribution in [-0.4, -0.2) is 0 Å². The van der Waals surface area contributed by atoms with Crippen LogP contribution in [-0.2, 0) is 40.9 Å². The fraction of sp³-hybridized carbons (Fsp3) is 0.340. The molecule has 0 radical (unpaired) electrons. The molecule has 13 rings (SSSR count). The van der Waals surface area contributed by atoms with Crippen molar-refractivity contribution in [2.24, 2.45) is 39.5 Å². The average molecular weight is 1440 g/mol. The lowest BCUT2D eigenvalue weighted by Gasteiger charge is -2.19. The van der Waals surface area contributed by atoms with E-state index in [-0.39, 0.29) is 22.6 Å². The number of benzene rings is 8. The zero-order valence-electron chi connectivity index (χ0n) is 90.3. The van der Waals surface area contributed by atoms with Crippen LogP contribution in [0.1, 0.15) is 219 Å². The molecule has 4 nitrogen and oxygen atoms in total. The average Bonchev–Trinajstić information content (AvgIpc) is 1.15. The zero-order valence-corrected chi connectivity index (χ0v) is 66.3. The summed E-state index contributed by atoms with van der Waals surface area (Å²) in [5.74, 6) is -1.44. The summed E-state index contributed by atoms with van der Waals surface area (Å²) < 4.78 is 202.